The minimum Gasteiger partial charge on any atom is -0.449 e. The number of ether oxygens (including phenoxy) is 1. The lowest BCUT2D eigenvalue weighted by atomic mass is 9.96. The number of likely N-dealkylation sites (tertiary alicyclic amines) is 1. The average Bonchev–Trinajstić information content (AvgIpc) is 2.35. The van der Waals surface area contributed by atoms with Gasteiger partial charge in [0.2, 0.25) is 5.91 Å². The van der Waals surface area contributed by atoms with Crippen LogP contribution in [0.3, 0.4) is 0 Å². The molecule has 1 aliphatic heterocycles. The molecule has 5 heteroatoms. The quantitative estimate of drug-likeness (QED) is 0.750. The molecule has 0 radical (unpaired) electrons. The Bertz CT molecular complexity index is 271. The molecular formula is C12H22N2O3. The zero-order valence-corrected chi connectivity index (χ0v) is 10.9. The maximum atomic E-state index is 11.7. The van der Waals surface area contributed by atoms with Crippen LogP contribution in [0.15, 0.2) is 0 Å². The molecule has 0 aromatic carbocycles. The highest BCUT2D eigenvalue weighted by Crippen LogP contribution is 2.19. The number of nitrogens with zero attached hydrogens (tertiary/aromatic N) is 2. The Morgan fingerprint density at radius 1 is 1.29 bits per heavy atom. The number of rotatable bonds is 3. The van der Waals surface area contributed by atoms with E-state index >= 15 is 0 Å². The predicted molar refractivity (Wildman–Crippen MR) is 64.6 cm³/mol. The topological polar surface area (TPSA) is 49.9 Å². The molecule has 0 spiro atoms. The van der Waals surface area contributed by atoms with Crippen molar-refractivity contribution in [3.05, 3.63) is 0 Å². The molecule has 0 aromatic heterocycles. The van der Waals surface area contributed by atoms with Crippen LogP contribution >= 0.6 is 0 Å². The van der Waals surface area contributed by atoms with Gasteiger partial charge in [-0.3, -0.25) is 4.79 Å². The van der Waals surface area contributed by atoms with Gasteiger partial charge in [-0.2, -0.15) is 0 Å². The number of piperidine rings is 1. The summed E-state index contributed by atoms with van der Waals surface area (Å²) in [7, 11) is 3.54. The lowest BCUT2D eigenvalue weighted by Gasteiger charge is -2.31. The zero-order valence-electron chi connectivity index (χ0n) is 10.9. The molecule has 0 atom stereocenters. The highest BCUT2D eigenvalue weighted by molar-refractivity contribution is 5.78. The van der Waals surface area contributed by atoms with E-state index < -0.39 is 0 Å². The minimum atomic E-state index is -0.248. The van der Waals surface area contributed by atoms with Crippen molar-refractivity contribution in [3.8, 4) is 0 Å². The molecule has 0 N–H and O–H groups in total. The van der Waals surface area contributed by atoms with E-state index in [2.05, 4.69) is 0 Å². The first kappa shape index (κ1) is 13.8. The van der Waals surface area contributed by atoms with Crippen LogP contribution in [0, 0.1) is 5.92 Å². The van der Waals surface area contributed by atoms with Gasteiger partial charge in [-0.05, 0) is 19.3 Å². The van der Waals surface area contributed by atoms with Gasteiger partial charge >= 0.3 is 6.09 Å². The fourth-order valence-electron chi connectivity index (χ4n) is 1.95. The summed E-state index contributed by atoms with van der Waals surface area (Å²) < 4.78 is 5.07. The van der Waals surface area contributed by atoms with Crippen LogP contribution in [0.1, 0.15) is 26.2 Å². The van der Waals surface area contributed by atoms with Gasteiger partial charge in [0.1, 0.15) is 0 Å². The fraction of sp³-hybridized carbons (Fsp3) is 0.833. The van der Waals surface area contributed by atoms with E-state index in [0.29, 0.717) is 19.7 Å². The first-order valence-corrected chi connectivity index (χ1v) is 6.19. The molecule has 5 nitrogen and oxygen atoms in total. The second-order valence-electron chi connectivity index (χ2n) is 4.61. The Morgan fingerprint density at radius 3 is 2.35 bits per heavy atom. The lowest BCUT2D eigenvalue weighted by Crippen LogP contribution is -2.43. The molecule has 1 heterocycles. The number of hydrogen-bond donors (Lipinski definition) is 0. The molecule has 0 aliphatic carbocycles. The Morgan fingerprint density at radius 2 is 1.88 bits per heavy atom. The molecule has 1 saturated heterocycles. The van der Waals surface area contributed by atoms with E-state index in [0.717, 1.165) is 19.3 Å². The van der Waals surface area contributed by atoms with Gasteiger partial charge in [0.25, 0.3) is 0 Å². The summed E-state index contributed by atoms with van der Waals surface area (Å²) in [6, 6.07) is 0. The summed E-state index contributed by atoms with van der Waals surface area (Å²) in [5.41, 5.74) is 0. The maximum Gasteiger partial charge on any atom is 0.409 e. The van der Waals surface area contributed by atoms with Gasteiger partial charge in [0.15, 0.2) is 0 Å². The Kier molecular flexibility index (Phi) is 5.25. The van der Waals surface area contributed by atoms with Crippen LogP contribution in [0.4, 0.5) is 4.79 Å². The molecule has 1 fully saturated rings. The minimum absolute atomic E-state index is 0.0558. The third-order valence-electron chi connectivity index (χ3n) is 2.97. The maximum absolute atomic E-state index is 11.7. The van der Waals surface area contributed by atoms with Crippen molar-refractivity contribution in [2.45, 2.75) is 26.2 Å². The molecule has 17 heavy (non-hydrogen) atoms. The van der Waals surface area contributed by atoms with Crippen LogP contribution in [-0.2, 0) is 9.53 Å². The molecular weight excluding hydrogens is 220 g/mol. The smallest absolute Gasteiger partial charge is 0.409 e. The van der Waals surface area contributed by atoms with E-state index in [4.69, 9.17) is 4.74 Å². The third kappa shape index (κ3) is 3.91. The number of carbonyl (C=O) groups excluding carboxylic acids is 2. The third-order valence-corrected chi connectivity index (χ3v) is 2.97. The SMILES string of the molecule is CCCOC(=O)N1CCC(C(=O)N(C)C)CC1. The molecule has 0 saturated carbocycles. The van der Waals surface area contributed by atoms with Gasteiger partial charge in [0.05, 0.1) is 6.61 Å². The van der Waals surface area contributed by atoms with Crippen LogP contribution < -0.4 is 0 Å². The summed E-state index contributed by atoms with van der Waals surface area (Å²) in [5, 5.41) is 0. The van der Waals surface area contributed by atoms with Crippen molar-refractivity contribution < 1.29 is 14.3 Å². The molecule has 0 aromatic rings. The van der Waals surface area contributed by atoms with Gasteiger partial charge < -0.3 is 14.5 Å². The van der Waals surface area contributed by atoms with E-state index in [-0.39, 0.29) is 17.9 Å². The number of amides is 2. The fourth-order valence-corrected chi connectivity index (χ4v) is 1.95. The van der Waals surface area contributed by atoms with Gasteiger partial charge in [-0.25, -0.2) is 4.79 Å². The summed E-state index contributed by atoms with van der Waals surface area (Å²) >= 11 is 0. The van der Waals surface area contributed by atoms with Gasteiger partial charge in [-0.15, -0.1) is 0 Å². The monoisotopic (exact) mass is 242 g/mol. The lowest BCUT2D eigenvalue weighted by molar-refractivity contribution is -0.134. The van der Waals surface area contributed by atoms with Crippen molar-refractivity contribution >= 4 is 12.0 Å². The average molecular weight is 242 g/mol. The first-order chi connectivity index (χ1) is 8.06. The van der Waals surface area contributed by atoms with E-state index in [1.807, 2.05) is 6.92 Å². The summed E-state index contributed by atoms with van der Waals surface area (Å²) in [6.07, 6.45) is 2.06. The molecule has 0 unspecified atom stereocenters. The number of carbonyl (C=O) groups is 2. The second kappa shape index (κ2) is 6.47. The summed E-state index contributed by atoms with van der Waals surface area (Å²) in [6.45, 7) is 3.67. The molecule has 2 amide bonds. The Balaban J connectivity index is 2.35. The highest BCUT2D eigenvalue weighted by atomic mass is 16.6. The zero-order chi connectivity index (χ0) is 12.8. The molecule has 1 rings (SSSR count). The molecule has 98 valence electrons. The van der Waals surface area contributed by atoms with E-state index in [9.17, 15) is 9.59 Å². The highest BCUT2D eigenvalue weighted by Gasteiger charge is 2.28. The molecule has 1 aliphatic rings. The van der Waals surface area contributed by atoms with Crippen molar-refractivity contribution in [2.24, 2.45) is 5.92 Å². The van der Waals surface area contributed by atoms with Crippen molar-refractivity contribution in [3.63, 3.8) is 0 Å². The van der Waals surface area contributed by atoms with Crippen molar-refractivity contribution in [2.75, 3.05) is 33.8 Å². The Hall–Kier alpha value is -1.26. The van der Waals surface area contributed by atoms with Crippen LogP contribution in [0.5, 0.6) is 0 Å². The Labute approximate surface area is 103 Å². The van der Waals surface area contributed by atoms with Crippen LogP contribution in [-0.4, -0.2) is 55.6 Å². The normalized spacial score (nSPS) is 16.8. The van der Waals surface area contributed by atoms with E-state index in [1.54, 1.807) is 23.9 Å². The summed E-state index contributed by atoms with van der Waals surface area (Å²) in [4.78, 5) is 26.6. The van der Waals surface area contributed by atoms with E-state index in [1.165, 1.54) is 0 Å². The summed E-state index contributed by atoms with van der Waals surface area (Å²) in [5.74, 6) is 0.215. The van der Waals surface area contributed by atoms with Crippen molar-refractivity contribution in [1.29, 1.82) is 0 Å². The number of hydrogen-bond acceptors (Lipinski definition) is 3. The van der Waals surface area contributed by atoms with Crippen LogP contribution in [0.25, 0.3) is 0 Å². The standard InChI is InChI=1S/C12H22N2O3/c1-4-9-17-12(16)14-7-5-10(6-8-14)11(15)13(2)3/h10H,4-9H2,1-3H3. The van der Waals surface area contributed by atoms with Gasteiger partial charge in [-0.1, -0.05) is 6.92 Å². The predicted octanol–water partition coefficient (Wildman–Crippen LogP) is 1.33. The largest absolute Gasteiger partial charge is 0.449 e. The first-order valence-electron chi connectivity index (χ1n) is 6.19. The second-order valence-corrected chi connectivity index (χ2v) is 4.61. The van der Waals surface area contributed by atoms with Crippen molar-refractivity contribution in [1.82, 2.24) is 9.80 Å². The van der Waals surface area contributed by atoms with Gasteiger partial charge in [0, 0.05) is 33.1 Å². The van der Waals surface area contributed by atoms with Crippen LogP contribution in [0.2, 0.25) is 0 Å². The molecule has 0 bridgehead atoms.